The third-order valence-corrected chi connectivity index (χ3v) is 0.528. The third kappa shape index (κ3) is 25.4. The first kappa shape index (κ1) is 15.8. The van der Waals surface area contributed by atoms with Crippen LogP contribution in [0.4, 0.5) is 0 Å². The molecule has 0 unspecified atom stereocenters. The van der Waals surface area contributed by atoms with Crippen LogP contribution in [-0.2, 0) is 27.2 Å². The Kier molecular flexibility index (Phi) is 38.3. The summed E-state index contributed by atoms with van der Waals surface area (Å²) < 4.78 is 2.91. The van der Waals surface area contributed by atoms with Crippen molar-refractivity contribution in [2.45, 2.75) is 0 Å². The van der Waals surface area contributed by atoms with Gasteiger partial charge in [0.15, 0.2) is 0 Å². The second-order valence-electron chi connectivity index (χ2n) is 0.208. The van der Waals surface area contributed by atoms with E-state index in [4.69, 9.17) is 9.59 Å². The standard InChI is InChI=1S/2CO.2CH3.Pt/c2*1-2;;;/h;;2*1H3;/q;;2*-1;. The molecule has 7 heavy (non-hydrogen) atoms. The molecule has 0 atom stereocenters. The van der Waals surface area contributed by atoms with E-state index in [2.05, 4.69) is 0 Å². The van der Waals surface area contributed by atoms with Crippen LogP contribution in [0.25, 0.3) is 0 Å². The smallest absolute Gasteiger partial charge is 0.358 e. The zero-order chi connectivity index (χ0) is 4.12. The maximum atomic E-state index is 9.07. The summed E-state index contributed by atoms with van der Waals surface area (Å²) >= 11 is -0.988. The second kappa shape index (κ2) is 16.9. The molecule has 0 aliphatic heterocycles. The molecule has 0 N–H and O–H groups in total. The first-order valence-corrected chi connectivity index (χ1v) is 3.00. The average molecular weight is 281 g/mol. The molecule has 0 rings (SSSR count). The summed E-state index contributed by atoms with van der Waals surface area (Å²) in [5, 5.41) is 0. The van der Waals surface area contributed by atoms with Gasteiger partial charge in [-0.3, -0.25) is 0 Å². The molecule has 0 spiro atoms. The molecule has 0 aromatic carbocycles. The van der Waals surface area contributed by atoms with Crippen molar-refractivity contribution in [1.82, 2.24) is 0 Å². The van der Waals surface area contributed by atoms with E-state index in [1.807, 2.05) is 0 Å². The molecule has 0 amide bonds. The first-order valence-electron chi connectivity index (χ1n) is 0.724. The fourth-order valence-corrected chi connectivity index (χ4v) is 0.108. The summed E-state index contributed by atoms with van der Waals surface area (Å²) in [6, 6.07) is 0. The Morgan fingerprint density at radius 2 is 1.29 bits per heavy atom. The van der Waals surface area contributed by atoms with Crippen molar-refractivity contribution < 1.29 is 27.2 Å². The van der Waals surface area contributed by atoms with Gasteiger partial charge in [-0.1, -0.05) is 0 Å². The summed E-state index contributed by atoms with van der Waals surface area (Å²) in [4.78, 5) is 18.1. The molecule has 2 nitrogen and oxygen atoms in total. The first-order chi connectivity index (χ1) is 2.41. The van der Waals surface area contributed by atoms with Crippen molar-refractivity contribution in [1.29, 1.82) is 0 Å². The van der Waals surface area contributed by atoms with Gasteiger partial charge in [0, 0.05) is 0 Å². The van der Waals surface area contributed by atoms with Crippen LogP contribution >= 0.6 is 0 Å². The Bertz CT molecular complexity index is 102. The Morgan fingerprint density at radius 1 is 1.00 bits per heavy atom. The zero-order valence-corrected chi connectivity index (χ0v) is 6.40. The van der Waals surface area contributed by atoms with Crippen molar-refractivity contribution >= 4 is 8.53 Å². The van der Waals surface area contributed by atoms with Crippen LogP contribution in [0, 0.1) is 14.9 Å². The fourth-order valence-electron chi connectivity index (χ4n) is 0.0132. The van der Waals surface area contributed by atoms with Gasteiger partial charge < -0.3 is 14.9 Å². The largest absolute Gasteiger partial charge is 0.358 e. The van der Waals surface area contributed by atoms with Crippen molar-refractivity contribution in [3.05, 3.63) is 14.9 Å². The molecule has 0 saturated carbocycles. The average Bonchev–Trinajstić information content (AvgIpc) is 1.41. The van der Waals surface area contributed by atoms with Gasteiger partial charge in [0.1, 0.15) is 0 Å². The molecule has 0 aromatic rings. The van der Waals surface area contributed by atoms with Crippen LogP contribution in [0.5, 0.6) is 0 Å². The molecule has 0 fully saturated rings. The van der Waals surface area contributed by atoms with Crippen LogP contribution in [-0.4, -0.2) is 8.53 Å². The van der Waals surface area contributed by atoms with Gasteiger partial charge in [0.25, 0.3) is 0 Å². The second-order valence-corrected chi connectivity index (χ2v) is 1.70. The monoisotopic (exact) mass is 281 g/mol. The van der Waals surface area contributed by atoms with Gasteiger partial charge in [-0.2, -0.15) is 0 Å². The Hall–Kier alpha value is -0.152. The summed E-state index contributed by atoms with van der Waals surface area (Å²) in [6.45, 7) is 0. The maximum absolute atomic E-state index is 9.07. The molecular weight excluding hydrogens is 275 g/mol. The molecule has 0 bridgehead atoms. The Labute approximate surface area is 51.1 Å². The van der Waals surface area contributed by atoms with E-state index >= 15 is 0 Å². The van der Waals surface area contributed by atoms with Crippen molar-refractivity contribution in [2.24, 2.45) is 0 Å². The summed E-state index contributed by atoms with van der Waals surface area (Å²) in [7, 11) is 0. The van der Waals surface area contributed by atoms with Crippen LogP contribution in [0.15, 0.2) is 0 Å². The summed E-state index contributed by atoms with van der Waals surface area (Å²) in [5.74, 6) is 0. The predicted molar refractivity (Wildman–Crippen MR) is 24.2 cm³/mol. The van der Waals surface area contributed by atoms with E-state index < -0.39 is 17.6 Å². The van der Waals surface area contributed by atoms with E-state index in [1.54, 1.807) is 0 Å². The zero-order valence-electron chi connectivity index (χ0n) is 4.13. The molecule has 0 radical (unpaired) electrons. The van der Waals surface area contributed by atoms with Gasteiger partial charge in [0.05, 0.1) is 0 Å². The molecule has 0 saturated heterocycles. The normalized spacial score (nSPS) is 4.00. The van der Waals surface area contributed by atoms with Crippen LogP contribution in [0.2, 0.25) is 0 Å². The number of hydrogen-bond donors (Lipinski definition) is 0. The van der Waals surface area contributed by atoms with Crippen molar-refractivity contribution in [2.75, 3.05) is 0 Å². The Morgan fingerprint density at radius 3 is 1.29 bits per heavy atom. The quantitative estimate of drug-likeness (QED) is 0.590. The van der Waals surface area contributed by atoms with Crippen LogP contribution in [0.3, 0.4) is 0 Å². The molecule has 0 aromatic heterocycles. The minimum atomic E-state index is -0.988. The number of hydrogen-bond acceptors (Lipinski definition) is 2. The molecule has 3 heteroatoms. The molecule has 0 heterocycles. The molecule has 0 aliphatic rings. The van der Waals surface area contributed by atoms with Gasteiger partial charge in [-0.15, -0.1) is 0 Å². The van der Waals surface area contributed by atoms with E-state index in [1.165, 1.54) is 8.53 Å². The van der Waals surface area contributed by atoms with E-state index in [0.29, 0.717) is 0 Å². The Balaban J connectivity index is -0.0000000800. The molecular formula is C4H6O2Pt-2. The van der Waals surface area contributed by atoms with Crippen LogP contribution < -0.4 is 0 Å². The number of carbonyl (C=O) groups excluding carboxylic acids is 2. The minimum Gasteiger partial charge on any atom is -0.358 e. The maximum Gasteiger partial charge on any atom is -0.358 e. The van der Waals surface area contributed by atoms with Gasteiger partial charge in [-0.05, 0) is 0 Å². The summed E-state index contributed by atoms with van der Waals surface area (Å²) in [5.41, 5.74) is 0. The van der Waals surface area contributed by atoms with Gasteiger partial charge in [-0.25, -0.2) is 0 Å². The van der Waals surface area contributed by atoms with Gasteiger partial charge >= 0.3 is 35.8 Å². The van der Waals surface area contributed by atoms with Crippen LogP contribution in [0.1, 0.15) is 0 Å². The number of rotatable bonds is 0. The van der Waals surface area contributed by atoms with E-state index in [-0.39, 0.29) is 14.9 Å². The molecule has 46 valence electrons. The third-order valence-electron chi connectivity index (χ3n) is 0.0645. The predicted octanol–water partition coefficient (Wildman–Crippen LogP) is 0.104. The topological polar surface area (TPSA) is 34.1 Å². The van der Waals surface area contributed by atoms with Crippen molar-refractivity contribution in [3.8, 4) is 0 Å². The fraction of sp³-hybridized carbons (Fsp3) is 0. The van der Waals surface area contributed by atoms with E-state index in [0.717, 1.165) is 0 Å². The van der Waals surface area contributed by atoms with Crippen molar-refractivity contribution in [3.63, 3.8) is 0 Å². The minimum absolute atomic E-state index is 0. The van der Waals surface area contributed by atoms with Gasteiger partial charge in [0.2, 0.25) is 0 Å². The SMILES string of the molecule is O=[C]=[Pt]=[C]=O.[CH3-].[CH3-]. The van der Waals surface area contributed by atoms with E-state index in [9.17, 15) is 0 Å². The summed E-state index contributed by atoms with van der Waals surface area (Å²) in [6.07, 6.45) is 0. The molecule has 0 aliphatic carbocycles.